The minimum absolute atomic E-state index is 0. The van der Waals surface area contributed by atoms with Gasteiger partial charge >= 0.3 is 0 Å². The molecular weight excluding hydrogens is 603 g/mol. The number of Topliss-reactive ketones (excluding diaryl/α,β-unsaturated/α-hetero) is 1. The van der Waals surface area contributed by atoms with E-state index in [1.54, 1.807) is 0 Å². The van der Waals surface area contributed by atoms with Gasteiger partial charge in [0.1, 0.15) is 11.4 Å². The van der Waals surface area contributed by atoms with Crippen LogP contribution in [0.5, 0.6) is 0 Å². The first-order valence-electron chi connectivity index (χ1n) is 11.9. The van der Waals surface area contributed by atoms with Crippen LogP contribution in [0.25, 0.3) is 0 Å². The third-order valence-electron chi connectivity index (χ3n) is 9.34. The average Bonchev–Trinajstić information content (AvgIpc) is 2.61. The van der Waals surface area contributed by atoms with E-state index >= 15 is 0 Å². The molecule has 1 radical (unpaired) electrons. The van der Waals surface area contributed by atoms with Gasteiger partial charge in [0.15, 0.2) is 0 Å². The number of ether oxygens (including phenoxy) is 1. The molecule has 0 aromatic carbocycles. The van der Waals surface area contributed by atoms with Crippen molar-refractivity contribution >= 4 is 5.78 Å². The van der Waals surface area contributed by atoms with E-state index in [4.69, 9.17) is 4.74 Å². The minimum Gasteiger partial charge on any atom is -0.389 e. The largest absolute Gasteiger partial charge is 0.389 e. The molecule has 1 aliphatic heterocycles. The molecule has 31 heavy (non-hydrogen) atoms. The number of hydrogen-bond acceptors (Lipinski definition) is 4. The summed E-state index contributed by atoms with van der Waals surface area (Å²) in [5, 5.41) is 23.6. The molecule has 3 aliphatic rings. The Balaban J connectivity index is 0.00000341. The zero-order chi connectivity index (χ0) is 22.9. The molecule has 1 heterocycles. The first kappa shape index (κ1) is 28.0. The molecule has 3 rings (SSSR count). The van der Waals surface area contributed by atoms with Crippen molar-refractivity contribution in [2.45, 2.75) is 98.9 Å². The van der Waals surface area contributed by atoms with Crippen molar-refractivity contribution in [2.75, 3.05) is 6.61 Å². The summed E-state index contributed by atoms with van der Waals surface area (Å²) in [6.07, 6.45) is 4.01. The summed E-state index contributed by atoms with van der Waals surface area (Å²) < 4.78 is 5.78. The number of rotatable bonds is 5. The Morgan fingerprint density at radius 2 is 1.77 bits per heavy atom. The van der Waals surface area contributed by atoms with Crippen LogP contribution in [0.2, 0.25) is 0 Å². The molecule has 0 bridgehead atoms. The third kappa shape index (κ3) is 4.31. The topological polar surface area (TPSA) is 66.8 Å². The van der Waals surface area contributed by atoms with Crippen molar-refractivity contribution in [1.82, 2.24) is 0 Å². The second-order valence-corrected chi connectivity index (χ2v) is 12.1. The number of ketones is 1. The van der Waals surface area contributed by atoms with Crippen LogP contribution in [0.1, 0.15) is 81.6 Å². The first-order valence-corrected chi connectivity index (χ1v) is 11.9. The summed E-state index contributed by atoms with van der Waals surface area (Å²) in [7, 11) is 0. The van der Waals surface area contributed by atoms with Crippen LogP contribution in [0.15, 0.2) is 11.6 Å². The molecule has 1 saturated carbocycles. The smallest absolute Gasteiger partial charge is 0.141 e. The molecule has 2 N–H and O–H groups in total. The van der Waals surface area contributed by atoms with Gasteiger partial charge in [0.2, 0.25) is 0 Å². The molecule has 0 spiro atoms. The molecule has 0 aromatic rings. The van der Waals surface area contributed by atoms with Gasteiger partial charge in [0.05, 0.1) is 18.3 Å². The van der Waals surface area contributed by atoms with Crippen LogP contribution >= 0.6 is 0 Å². The van der Waals surface area contributed by atoms with E-state index in [1.165, 1.54) is 5.57 Å². The van der Waals surface area contributed by atoms with Gasteiger partial charge in [-0.25, -0.2) is 0 Å². The standard InChI is InChI=1S/C26H44O4.Ac/c1-15(2)22(27)24(9)19(6)10-20-26(29,14-30-20)21(24)18(5)13-25(28)12-17(4)16(3)11-23(25,7)8;/h11,15,17-21,28-29H,10,12-14H2,1-9H3;. The Labute approximate surface area is 225 Å². The Kier molecular flexibility index (Phi) is 8.18. The molecule has 2 fully saturated rings. The molecule has 2 aliphatic carbocycles. The van der Waals surface area contributed by atoms with Gasteiger partial charge in [-0.15, -0.1) is 0 Å². The molecular formula is C26H44AcO4. The molecule has 4 nitrogen and oxygen atoms in total. The van der Waals surface area contributed by atoms with Gasteiger partial charge < -0.3 is 14.9 Å². The van der Waals surface area contributed by atoms with E-state index in [0.717, 1.165) is 0 Å². The summed E-state index contributed by atoms with van der Waals surface area (Å²) in [6.45, 7) is 19.1. The fourth-order valence-corrected chi connectivity index (χ4v) is 7.20. The Bertz CT molecular complexity index is 731. The van der Waals surface area contributed by atoms with E-state index in [2.05, 4.69) is 54.5 Å². The Morgan fingerprint density at radius 1 is 1.19 bits per heavy atom. The van der Waals surface area contributed by atoms with Crippen molar-refractivity contribution < 1.29 is 63.8 Å². The van der Waals surface area contributed by atoms with Crippen LogP contribution < -0.4 is 0 Å². The SMILES string of the molecule is CC1=CC(C)(C)C(O)(CC(C)C2C3(O)COC3CC(C)C2(C)C(=O)C(C)C)CC1C.[Ac]. The maximum Gasteiger partial charge on any atom is 0.141 e. The number of carbonyl (C=O) groups excluding carboxylic acids is 1. The van der Waals surface area contributed by atoms with Gasteiger partial charge in [-0.1, -0.05) is 67.0 Å². The van der Waals surface area contributed by atoms with Gasteiger partial charge in [0, 0.05) is 66.7 Å². The quantitative estimate of drug-likeness (QED) is 0.422. The predicted octanol–water partition coefficient (Wildman–Crippen LogP) is 4.77. The van der Waals surface area contributed by atoms with Crippen LogP contribution in [0, 0.1) is 84.5 Å². The maximum absolute atomic E-state index is 13.5. The van der Waals surface area contributed by atoms with Crippen LogP contribution in [0.3, 0.4) is 0 Å². The van der Waals surface area contributed by atoms with E-state index in [1.807, 2.05) is 13.8 Å². The number of hydrogen-bond donors (Lipinski definition) is 2. The van der Waals surface area contributed by atoms with Crippen molar-refractivity contribution in [3.8, 4) is 0 Å². The summed E-state index contributed by atoms with van der Waals surface area (Å²) in [6, 6.07) is 0. The van der Waals surface area contributed by atoms with Crippen molar-refractivity contribution in [1.29, 1.82) is 0 Å². The average molecular weight is 648 g/mol. The maximum atomic E-state index is 13.5. The van der Waals surface area contributed by atoms with Crippen molar-refractivity contribution in [2.24, 2.45) is 40.4 Å². The van der Waals surface area contributed by atoms with Crippen LogP contribution in [-0.2, 0) is 9.53 Å². The molecule has 8 atom stereocenters. The Hall–Kier alpha value is 0.732. The summed E-state index contributed by atoms with van der Waals surface area (Å²) in [5.74, 6) is 0.343. The van der Waals surface area contributed by atoms with Gasteiger partial charge in [-0.05, 0) is 43.9 Å². The minimum atomic E-state index is -0.988. The zero-order valence-corrected chi connectivity index (χ0v) is 25.9. The fraction of sp³-hybridized carbons (Fsp3) is 0.885. The second-order valence-electron chi connectivity index (χ2n) is 12.1. The van der Waals surface area contributed by atoms with Gasteiger partial charge in [0.25, 0.3) is 0 Å². The molecule has 0 aromatic heterocycles. The van der Waals surface area contributed by atoms with Gasteiger partial charge in [-0.3, -0.25) is 4.79 Å². The Morgan fingerprint density at radius 3 is 2.26 bits per heavy atom. The van der Waals surface area contributed by atoms with Crippen LogP contribution in [-0.4, -0.2) is 39.9 Å². The number of carbonyl (C=O) groups is 1. The number of aliphatic hydroxyl groups is 2. The summed E-state index contributed by atoms with van der Waals surface area (Å²) in [4.78, 5) is 13.5. The van der Waals surface area contributed by atoms with E-state index in [-0.39, 0.29) is 91.6 Å². The zero-order valence-electron chi connectivity index (χ0n) is 21.2. The van der Waals surface area contributed by atoms with E-state index in [9.17, 15) is 15.0 Å². The summed E-state index contributed by atoms with van der Waals surface area (Å²) >= 11 is 0. The normalized spacial score (nSPS) is 45.1. The molecule has 5 heteroatoms. The molecule has 0 amide bonds. The summed E-state index contributed by atoms with van der Waals surface area (Å²) in [5.41, 5.74) is -1.51. The van der Waals surface area contributed by atoms with Crippen molar-refractivity contribution in [3.05, 3.63) is 11.6 Å². The molecule has 1 saturated heterocycles. The predicted molar refractivity (Wildman–Crippen MR) is 120 cm³/mol. The van der Waals surface area contributed by atoms with Gasteiger partial charge in [-0.2, -0.15) is 0 Å². The number of allylic oxidation sites excluding steroid dienone is 1. The molecule has 175 valence electrons. The van der Waals surface area contributed by atoms with Crippen molar-refractivity contribution in [3.63, 3.8) is 0 Å². The first-order chi connectivity index (χ1) is 13.6. The van der Waals surface area contributed by atoms with E-state index < -0.39 is 16.6 Å². The van der Waals surface area contributed by atoms with Crippen LogP contribution in [0.4, 0.5) is 0 Å². The monoisotopic (exact) mass is 647 g/mol. The number of fused-ring (bicyclic) bond motifs is 1. The third-order valence-corrected chi connectivity index (χ3v) is 9.34. The second kappa shape index (κ2) is 9.07. The fourth-order valence-electron chi connectivity index (χ4n) is 7.20. The molecule has 8 unspecified atom stereocenters. The van der Waals surface area contributed by atoms with E-state index in [0.29, 0.717) is 25.2 Å².